The van der Waals surface area contributed by atoms with Crippen molar-refractivity contribution < 1.29 is 22.8 Å². The van der Waals surface area contributed by atoms with Crippen LogP contribution in [0, 0.1) is 12.3 Å². The van der Waals surface area contributed by atoms with E-state index in [2.05, 4.69) is 15.3 Å². The Hall–Kier alpha value is -2.27. The second kappa shape index (κ2) is 8.41. The largest absolute Gasteiger partial charge is 0.369 e. The molecule has 10 nitrogen and oxygen atoms in total. The fraction of sp³-hybridized carbons (Fsp3) is 0.533. The first-order valence-electron chi connectivity index (χ1n) is 8.17. The minimum atomic E-state index is -3.88. The maximum atomic E-state index is 12.5. The molecule has 11 heteroatoms. The highest BCUT2D eigenvalue weighted by atomic mass is 32.2. The van der Waals surface area contributed by atoms with Gasteiger partial charge >= 0.3 is 0 Å². The van der Waals surface area contributed by atoms with E-state index in [1.807, 2.05) is 0 Å². The van der Waals surface area contributed by atoms with Crippen LogP contribution < -0.4 is 11.1 Å². The van der Waals surface area contributed by atoms with Crippen LogP contribution in [0.2, 0.25) is 0 Å². The number of hydrogen-bond acceptors (Lipinski definition) is 6. The smallest absolute Gasteiger partial charge is 0.277 e. The number of nitrogens with two attached hydrogens (primary N) is 1. The number of aromatic nitrogens is 2. The second-order valence-electron chi connectivity index (χ2n) is 6.15. The minimum Gasteiger partial charge on any atom is -0.369 e. The van der Waals surface area contributed by atoms with Crippen LogP contribution >= 0.6 is 0 Å². The fourth-order valence-corrected chi connectivity index (χ4v) is 3.82. The first-order chi connectivity index (χ1) is 12.2. The van der Waals surface area contributed by atoms with Gasteiger partial charge in [0.2, 0.25) is 17.0 Å². The van der Waals surface area contributed by atoms with Gasteiger partial charge in [0.05, 0.1) is 19.0 Å². The van der Waals surface area contributed by atoms with E-state index in [1.165, 1.54) is 18.8 Å². The fourth-order valence-electron chi connectivity index (χ4n) is 2.50. The highest BCUT2D eigenvalue weighted by Crippen LogP contribution is 2.17. The minimum absolute atomic E-state index is 0.156. The monoisotopic (exact) mass is 384 g/mol. The number of nitrogens with one attached hydrogen (secondary N) is 2. The molecule has 2 heterocycles. The van der Waals surface area contributed by atoms with E-state index in [0.29, 0.717) is 12.8 Å². The van der Waals surface area contributed by atoms with E-state index < -0.39 is 39.6 Å². The van der Waals surface area contributed by atoms with Crippen LogP contribution in [0.15, 0.2) is 17.6 Å². The van der Waals surface area contributed by atoms with Crippen LogP contribution in [0.5, 0.6) is 0 Å². The molecule has 1 aliphatic rings. The molecule has 1 radical (unpaired) electrons. The van der Waals surface area contributed by atoms with Crippen LogP contribution in [-0.4, -0.2) is 59.4 Å². The molecule has 1 unspecified atom stereocenters. The third-order valence-electron chi connectivity index (χ3n) is 4.14. The number of nitrogens with zero attached hydrogens (tertiary/aromatic N) is 2. The van der Waals surface area contributed by atoms with Gasteiger partial charge < -0.3 is 16.0 Å². The van der Waals surface area contributed by atoms with Gasteiger partial charge in [0.1, 0.15) is 0 Å². The van der Waals surface area contributed by atoms with Crippen LogP contribution in [0.25, 0.3) is 0 Å². The maximum absolute atomic E-state index is 12.5. The van der Waals surface area contributed by atoms with E-state index >= 15 is 0 Å². The Balaban J connectivity index is 1.95. The summed E-state index contributed by atoms with van der Waals surface area (Å²) in [4.78, 5) is 41.6. The standard InChI is InChI=1S/C15H22N5O5S/c1-10(14(16)23)4-5-13(22)19-11-3-2-8-20(9-12(11)21)26(24,25)15-17-6-7-18-15/h5-7,10-11H,2-4,8-9H2,1H3,(H2,16,23)(H,17,18)(H,19,22)/t10?,11-/m0/s1. The molecule has 0 saturated carbocycles. The number of ketones is 1. The van der Waals surface area contributed by atoms with Crippen molar-refractivity contribution in [1.82, 2.24) is 19.6 Å². The van der Waals surface area contributed by atoms with Crippen LogP contribution in [0.3, 0.4) is 0 Å². The summed E-state index contributed by atoms with van der Waals surface area (Å²) >= 11 is 0. The molecule has 1 fully saturated rings. The molecular formula is C15H22N5O5S. The van der Waals surface area contributed by atoms with Crippen molar-refractivity contribution in [2.24, 2.45) is 11.7 Å². The Bertz CT molecular complexity index is 761. The van der Waals surface area contributed by atoms with Gasteiger partial charge in [-0.1, -0.05) is 6.92 Å². The quantitative estimate of drug-likeness (QED) is 0.545. The van der Waals surface area contributed by atoms with Crippen molar-refractivity contribution in [1.29, 1.82) is 0 Å². The summed E-state index contributed by atoms with van der Waals surface area (Å²) in [6.45, 7) is 1.41. The molecule has 26 heavy (non-hydrogen) atoms. The summed E-state index contributed by atoms with van der Waals surface area (Å²) in [6, 6.07) is -0.778. The molecular weight excluding hydrogens is 362 g/mol. The van der Waals surface area contributed by atoms with Crippen molar-refractivity contribution in [3.8, 4) is 0 Å². The molecule has 1 saturated heterocycles. The van der Waals surface area contributed by atoms with Gasteiger partial charge in [-0.25, -0.2) is 13.4 Å². The normalized spacial score (nSPS) is 20.3. The number of rotatable bonds is 7. The molecule has 1 aromatic heterocycles. The average Bonchev–Trinajstić information content (AvgIpc) is 3.06. The zero-order chi connectivity index (χ0) is 19.3. The third kappa shape index (κ3) is 4.88. The topological polar surface area (TPSA) is 155 Å². The van der Waals surface area contributed by atoms with Crippen molar-refractivity contribution >= 4 is 27.6 Å². The zero-order valence-corrected chi connectivity index (χ0v) is 15.2. The van der Waals surface area contributed by atoms with Gasteiger partial charge in [-0.3, -0.25) is 14.4 Å². The van der Waals surface area contributed by atoms with Crippen molar-refractivity contribution in [3.05, 3.63) is 18.8 Å². The van der Waals surface area contributed by atoms with E-state index in [1.54, 1.807) is 6.92 Å². The van der Waals surface area contributed by atoms with Gasteiger partial charge in [0.15, 0.2) is 5.78 Å². The third-order valence-corrected chi connectivity index (χ3v) is 5.84. The number of primary amides is 1. The number of H-pyrrole nitrogens is 1. The molecule has 0 aliphatic carbocycles. The molecule has 4 N–H and O–H groups in total. The molecule has 0 aromatic carbocycles. The van der Waals surface area contributed by atoms with E-state index in [-0.39, 0.29) is 24.7 Å². The first kappa shape index (κ1) is 20.0. The summed E-state index contributed by atoms with van der Waals surface area (Å²) < 4.78 is 26.0. The lowest BCUT2D eigenvalue weighted by Gasteiger charge is -2.18. The zero-order valence-electron chi connectivity index (χ0n) is 14.3. The second-order valence-corrected chi connectivity index (χ2v) is 8.00. The number of hydrogen-bond donors (Lipinski definition) is 3. The average molecular weight is 384 g/mol. The van der Waals surface area contributed by atoms with E-state index in [9.17, 15) is 22.8 Å². The van der Waals surface area contributed by atoms with Crippen molar-refractivity contribution in [2.75, 3.05) is 13.1 Å². The molecule has 2 atom stereocenters. The lowest BCUT2D eigenvalue weighted by Crippen LogP contribution is -2.44. The SMILES string of the molecule is CC(C[CH]C(=O)N[C@H]1CCCN(S(=O)(=O)c2ncc[nH]2)CC1=O)C(N)=O. The number of amides is 2. The number of imidazole rings is 1. The Morgan fingerprint density at radius 2 is 2.27 bits per heavy atom. The van der Waals surface area contributed by atoms with Gasteiger partial charge in [0.25, 0.3) is 10.0 Å². The van der Waals surface area contributed by atoms with Crippen LogP contribution in [-0.2, 0) is 24.4 Å². The summed E-state index contributed by atoms with van der Waals surface area (Å²) in [5.74, 6) is -1.89. The predicted molar refractivity (Wildman–Crippen MR) is 90.8 cm³/mol. The lowest BCUT2D eigenvalue weighted by atomic mass is 10.0. The summed E-state index contributed by atoms with van der Waals surface area (Å²) in [5.41, 5.74) is 5.13. The van der Waals surface area contributed by atoms with Crippen LogP contribution in [0.1, 0.15) is 26.2 Å². The predicted octanol–water partition coefficient (Wildman–Crippen LogP) is -1.04. The number of Topliss-reactive ketones (excluding diaryl/α,β-unsaturated/α-hetero) is 1. The molecule has 0 spiro atoms. The molecule has 2 rings (SSSR count). The molecule has 2 amide bonds. The van der Waals surface area contributed by atoms with Crippen molar-refractivity contribution in [3.63, 3.8) is 0 Å². The summed E-state index contributed by atoms with van der Waals surface area (Å²) in [7, 11) is -3.88. The number of aromatic amines is 1. The Morgan fingerprint density at radius 3 is 2.88 bits per heavy atom. The van der Waals surface area contributed by atoms with Gasteiger partial charge in [0, 0.05) is 24.9 Å². The molecule has 0 bridgehead atoms. The highest BCUT2D eigenvalue weighted by Gasteiger charge is 2.34. The van der Waals surface area contributed by atoms with E-state index in [0.717, 1.165) is 4.31 Å². The summed E-state index contributed by atoms with van der Waals surface area (Å²) in [6.07, 6.45) is 4.88. The van der Waals surface area contributed by atoms with Gasteiger partial charge in [-0.05, 0) is 19.3 Å². The Kier molecular flexibility index (Phi) is 6.48. The van der Waals surface area contributed by atoms with E-state index in [4.69, 9.17) is 5.73 Å². The maximum Gasteiger partial charge on any atom is 0.277 e. The summed E-state index contributed by atoms with van der Waals surface area (Å²) in [5, 5.41) is 2.35. The van der Waals surface area contributed by atoms with Crippen molar-refractivity contribution in [2.45, 2.75) is 37.4 Å². The van der Waals surface area contributed by atoms with Gasteiger partial charge in [-0.2, -0.15) is 4.31 Å². The Morgan fingerprint density at radius 1 is 1.54 bits per heavy atom. The molecule has 1 aromatic rings. The molecule has 1 aliphatic heterocycles. The highest BCUT2D eigenvalue weighted by molar-refractivity contribution is 7.89. The number of sulfonamides is 1. The first-order valence-corrected chi connectivity index (χ1v) is 9.61. The van der Waals surface area contributed by atoms with Crippen LogP contribution in [0.4, 0.5) is 0 Å². The lowest BCUT2D eigenvalue weighted by molar-refractivity contribution is -0.126. The molecule has 143 valence electrons. The van der Waals surface area contributed by atoms with Gasteiger partial charge in [-0.15, -0.1) is 0 Å². The number of carbonyl (C=O) groups is 3. The Labute approximate surface area is 151 Å². The number of carbonyl (C=O) groups excluding carboxylic acids is 3.